The van der Waals surface area contributed by atoms with Crippen LogP contribution < -0.4 is 0 Å². The summed E-state index contributed by atoms with van der Waals surface area (Å²) in [4.78, 5) is 0. The van der Waals surface area contributed by atoms with E-state index in [4.69, 9.17) is 0 Å². The first-order valence-corrected chi connectivity index (χ1v) is 14.7. The molecule has 6 aromatic carbocycles. The van der Waals surface area contributed by atoms with E-state index in [1.807, 2.05) is 0 Å². The van der Waals surface area contributed by atoms with E-state index in [1.165, 1.54) is 55.7 Å². The van der Waals surface area contributed by atoms with Gasteiger partial charge in [0.05, 0.1) is 0 Å². The third-order valence-electron chi connectivity index (χ3n) is 8.35. The Morgan fingerprint density at radius 2 is 0.476 bits per heavy atom. The van der Waals surface area contributed by atoms with Crippen molar-refractivity contribution in [2.24, 2.45) is 0 Å². The Morgan fingerprint density at radius 1 is 0.262 bits per heavy atom. The van der Waals surface area contributed by atoms with Crippen LogP contribution in [-0.2, 0) is 0 Å². The lowest BCUT2D eigenvalue weighted by Crippen LogP contribution is -2.31. The topological polar surface area (TPSA) is 0 Å². The Hall–Kier alpha value is -5.20. The van der Waals surface area contributed by atoms with E-state index in [0.717, 1.165) is 0 Å². The summed E-state index contributed by atoms with van der Waals surface area (Å²) >= 11 is 0. The number of hydrogen-bond donors (Lipinski definition) is 0. The molecule has 1 aliphatic carbocycles. The quantitative estimate of drug-likeness (QED) is 0.199. The first kappa shape index (κ1) is 25.7. The van der Waals surface area contributed by atoms with Crippen molar-refractivity contribution in [2.75, 3.05) is 0 Å². The summed E-state index contributed by atoms with van der Waals surface area (Å²) in [5, 5.41) is 0. The zero-order valence-corrected chi connectivity index (χ0v) is 23.5. The zero-order chi connectivity index (χ0) is 28.1. The molecule has 0 amide bonds. The highest BCUT2D eigenvalue weighted by atomic mass is 14.5. The average molecular weight is 537 g/mol. The summed E-state index contributed by atoms with van der Waals surface area (Å²) in [7, 11) is 0. The molecule has 1 saturated carbocycles. The summed E-state index contributed by atoms with van der Waals surface area (Å²) in [5.41, 5.74) is 13.0. The van der Waals surface area contributed by atoms with Crippen molar-refractivity contribution in [3.8, 4) is 0 Å². The molecule has 0 radical (unpaired) electrons. The van der Waals surface area contributed by atoms with E-state index < -0.39 is 0 Å². The van der Waals surface area contributed by atoms with Gasteiger partial charge in [-0.3, -0.25) is 0 Å². The lowest BCUT2D eigenvalue weighted by Gasteiger charge is -2.47. The van der Waals surface area contributed by atoms with Gasteiger partial charge in [-0.25, -0.2) is 0 Å². The van der Waals surface area contributed by atoms with Crippen molar-refractivity contribution in [3.05, 3.63) is 227 Å². The average Bonchev–Trinajstić information content (AvgIpc) is 3.07. The van der Waals surface area contributed by atoms with Crippen molar-refractivity contribution < 1.29 is 0 Å². The number of hydrogen-bond acceptors (Lipinski definition) is 0. The Kier molecular flexibility index (Phi) is 7.19. The van der Waals surface area contributed by atoms with Crippen LogP contribution >= 0.6 is 0 Å². The van der Waals surface area contributed by atoms with Crippen LogP contribution in [0.2, 0.25) is 0 Å². The maximum absolute atomic E-state index is 2.30. The molecule has 0 N–H and O–H groups in total. The molecule has 0 spiro atoms. The van der Waals surface area contributed by atoms with Crippen LogP contribution in [-0.4, -0.2) is 0 Å². The first-order chi connectivity index (χ1) is 20.9. The van der Waals surface area contributed by atoms with Gasteiger partial charge in [0.2, 0.25) is 0 Å². The fraction of sp³-hybridized carbons (Fsp3) is 0.0476. The summed E-state index contributed by atoms with van der Waals surface area (Å²) in [5.74, 6) is 0.392. The SMILES string of the molecule is c1ccc(C(=C2C(=C(c3ccccc3)c3ccccc3)C(c3ccccc3)C2c2ccccc2)c2ccccc2)cc1. The Labute approximate surface area is 249 Å². The summed E-state index contributed by atoms with van der Waals surface area (Å²) in [6, 6.07) is 65.9. The molecule has 0 bridgehead atoms. The lowest BCUT2D eigenvalue weighted by molar-refractivity contribution is 0.591. The predicted molar refractivity (Wildman–Crippen MR) is 176 cm³/mol. The van der Waals surface area contributed by atoms with E-state index >= 15 is 0 Å². The second kappa shape index (κ2) is 11.7. The summed E-state index contributed by atoms with van der Waals surface area (Å²) < 4.78 is 0. The van der Waals surface area contributed by atoms with Crippen molar-refractivity contribution in [1.29, 1.82) is 0 Å². The van der Waals surface area contributed by atoms with Crippen LogP contribution in [0.4, 0.5) is 0 Å². The van der Waals surface area contributed by atoms with Crippen LogP contribution in [0.1, 0.15) is 45.2 Å². The molecule has 200 valence electrons. The minimum absolute atomic E-state index is 0.196. The highest BCUT2D eigenvalue weighted by Gasteiger charge is 2.46. The van der Waals surface area contributed by atoms with Gasteiger partial charge in [0.25, 0.3) is 0 Å². The van der Waals surface area contributed by atoms with E-state index in [-0.39, 0.29) is 11.8 Å². The van der Waals surface area contributed by atoms with Crippen LogP contribution in [0.3, 0.4) is 0 Å². The van der Waals surface area contributed by atoms with E-state index in [9.17, 15) is 0 Å². The molecule has 0 aromatic heterocycles. The van der Waals surface area contributed by atoms with Crippen LogP contribution in [0, 0.1) is 0 Å². The lowest BCUT2D eigenvalue weighted by atomic mass is 9.55. The van der Waals surface area contributed by atoms with Crippen LogP contribution in [0.15, 0.2) is 193 Å². The second-order valence-corrected chi connectivity index (χ2v) is 10.8. The normalized spacial score (nSPS) is 16.0. The fourth-order valence-electron chi connectivity index (χ4n) is 6.57. The molecular weight excluding hydrogens is 504 g/mol. The molecule has 0 aliphatic heterocycles. The largest absolute Gasteiger partial charge is 0.0622 e. The molecule has 6 aromatic rings. The minimum atomic E-state index is 0.196. The van der Waals surface area contributed by atoms with Crippen molar-refractivity contribution in [2.45, 2.75) is 11.8 Å². The molecule has 2 unspecified atom stereocenters. The molecule has 0 heterocycles. The molecule has 0 nitrogen and oxygen atoms in total. The zero-order valence-electron chi connectivity index (χ0n) is 23.5. The van der Waals surface area contributed by atoms with E-state index in [2.05, 4.69) is 182 Å². The predicted octanol–water partition coefficient (Wildman–Crippen LogP) is 10.6. The van der Waals surface area contributed by atoms with Gasteiger partial charge in [0.15, 0.2) is 0 Å². The highest BCUT2D eigenvalue weighted by molar-refractivity contribution is 5.96. The number of allylic oxidation sites excluding steroid dienone is 2. The Balaban J connectivity index is 1.65. The van der Waals surface area contributed by atoms with Crippen molar-refractivity contribution in [1.82, 2.24) is 0 Å². The third-order valence-corrected chi connectivity index (χ3v) is 8.35. The fourth-order valence-corrected chi connectivity index (χ4v) is 6.57. The molecule has 2 atom stereocenters. The van der Waals surface area contributed by atoms with E-state index in [1.54, 1.807) is 0 Å². The monoisotopic (exact) mass is 536 g/mol. The first-order valence-electron chi connectivity index (χ1n) is 14.7. The molecule has 42 heavy (non-hydrogen) atoms. The van der Waals surface area contributed by atoms with E-state index in [0.29, 0.717) is 0 Å². The molecule has 0 heteroatoms. The van der Waals surface area contributed by atoms with Gasteiger partial charge < -0.3 is 0 Å². The second-order valence-electron chi connectivity index (χ2n) is 10.8. The van der Waals surface area contributed by atoms with Crippen LogP contribution in [0.25, 0.3) is 11.1 Å². The van der Waals surface area contributed by atoms with Gasteiger partial charge in [0.1, 0.15) is 0 Å². The summed E-state index contributed by atoms with van der Waals surface area (Å²) in [6.45, 7) is 0. The molecular formula is C42H32. The standard InChI is InChI=1S/C42H32/c1-7-19-31(20-8-1)37(32-21-9-2-10-22-32)41-39(35-27-15-5-16-28-35)40(36-29-17-6-18-30-36)42(41)38(33-23-11-3-12-24-33)34-25-13-4-14-26-34/h1-30,39-40H. The van der Waals surface area contributed by atoms with Gasteiger partial charge in [-0.15, -0.1) is 0 Å². The van der Waals surface area contributed by atoms with Gasteiger partial charge in [-0.2, -0.15) is 0 Å². The highest BCUT2D eigenvalue weighted by Crippen LogP contribution is 2.62. The third kappa shape index (κ3) is 4.82. The number of rotatable bonds is 6. The smallest absolute Gasteiger partial charge is 0.0209 e. The maximum Gasteiger partial charge on any atom is 0.0209 e. The van der Waals surface area contributed by atoms with Crippen LogP contribution in [0.5, 0.6) is 0 Å². The summed E-state index contributed by atoms with van der Waals surface area (Å²) in [6.07, 6.45) is 0. The Morgan fingerprint density at radius 3 is 0.714 bits per heavy atom. The molecule has 1 aliphatic rings. The van der Waals surface area contributed by atoms with Crippen molar-refractivity contribution in [3.63, 3.8) is 0 Å². The van der Waals surface area contributed by atoms with Gasteiger partial charge in [0, 0.05) is 11.8 Å². The molecule has 1 fully saturated rings. The molecule has 7 rings (SSSR count). The van der Waals surface area contributed by atoms with Crippen molar-refractivity contribution >= 4 is 11.1 Å². The van der Waals surface area contributed by atoms with Gasteiger partial charge in [-0.1, -0.05) is 182 Å². The number of benzene rings is 6. The van der Waals surface area contributed by atoms with Gasteiger partial charge >= 0.3 is 0 Å². The molecule has 0 saturated heterocycles. The Bertz CT molecular complexity index is 1590. The minimum Gasteiger partial charge on any atom is -0.0622 e. The maximum atomic E-state index is 2.30. The van der Waals surface area contributed by atoms with Gasteiger partial charge in [-0.05, 0) is 55.7 Å².